The first kappa shape index (κ1) is 18.0. The van der Waals surface area contributed by atoms with Crippen molar-refractivity contribution in [2.45, 2.75) is 39.5 Å². The fraction of sp³-hybridized carbons (Fsp3) is 0.318. The third-order valence-electron chi connectivity index (χ3n) is 4.31. The van der Waals surface area contributed by atoms with E-state index >= 15 is 0 Å². The number of aromatic nitrogens is 1. The lowest BCUT2D eigenvalue weighted by Gasteiger charge is -2.16. The molecule has 0 saturated heterocycles. The Morgan fingerprint density at radius 3 is 2.42 bits per heavy atom. The molecule has 0 amide bonds. The Morgan fingerprint density at radius 2 is 1.75 bits per heavy atom. The molecule has 2 aromatic rings. The summed E-state index contributed by atoms with van der Waals surface area (Å²) in [6, 6.07) is 12.6. The molecule has 1 aromatic heterocycles. The average Bonchev–Trinajstić information content (AvgIpc) is 2.66. The van der Waals surface area contributed by atoms with Crippen LogP contribution in [0.4, 0.5) is 5.69 Å². The van der Waals surface area contributed by atoms with Crippen LogP contribution in [-0.2, 0) is 0 Å². The van der Waals surface area contributed by atoms with Gasteiger partial charge in [-0.05, 0) is 36.8 Å². The van der Waals surface area contributed by atoms with Gasteiger partial charge in [-0.15, -0.1) is 0 Å². The molecule has 0 unspecified atom stereocenters. The molecule has 0 aliphatic heterocycles. The molecule has 1 heterocycles. The van der Waals surface area contributed by atoms with E-state index in [1.165, 1.54) is 35.1 Å². The number of nitrogens with one attached hydrogen (secondary N) is 2. The number of pyridine rings is 1. The van der Waals surface area contributed by atoms with Gasteiger partial charge in [0, 0.05) is 24.8 Å². The van der Waals surface area contributed by atoms with Crippen molar-refractivity contribution in [2.75, 3.05) is 12.4 Å². The van der Waals surface area contributed by atoms with Crippen LogP contribution >= 0.6 is 0 Å². The molecular formula is C22H29N2+. The molecule has 126 valence electrons. The van der Waals surface area contributed by atoms with E-state index in [2.05, 4.69) is 53.3 Å². The summed E-state index contributed by atoms with van der Waals surface area (Å²) in [5.74, 6) is 0. The summed E-state index contributed by atoms with van der Waals surface area (Å²) in [6.45, 7) is 8.23. The highest BCUT2D eigenvalue weighted by atomic mass is 14.9. The van der Waals surface area contributed by atoms with Gasteiger partial charge in [-0.2, -0.15) is 0 Å². The lowest BCUT2D eigenvalue weighted by atomic mass is 9.89. The zero-order chi connectivity index (χ0) is 17.4. The molecule has 3 rings (SSSR count). The van der Waals surface area contributed by atoms with Crippen molar-refractivity contribution in [3.8, 4) is 11.1 Å². The van der Waals surface area contributed by atoms with Crippen LogP contribution in [0, 0.1) is 0 Å². The van der Waals surface area contributed by atoms with E-state index in [4.69, 9.17) is 0 Å². The van der Waals surface area contributed by atoms with Gasteiger partial charge >= 0.3 is 0 Å². The van der Waals surface area contributed by atoms with E-state index in [-0.39, 0.29) is 0 Å². The number of hydrogen-bond donors (Lipinski definition) is 1. The average molecular weight is 321 g/mol. The Bertz CT molecular complexity index is 699. The minimum atomic E-state index is 1.12. The summed E-state index contributed by atoms with van der Waals surface area (Å²) < 4.78 is 0. The predicted molar refractivity (Wildman–Crippen MR) is 105 cm³/mol. The molecule has 1 saturated carbocycles. The molecule has 1 fully saturated rings. The Kier molecular flexibility index (Phi) is 6.80. The van der Waals surface area contributed by atoms with Gasteiger partial charge in [0.25, 0.3) is 0 Å². The summed E-state index contributed by atoms with van der Waals surface area (Å²) in [5.41, 5.74) is 7.37. The summed E-state index contributed by atoms with van der Waals surface area (Å²) in [7, 11) is 1.98. The van der Waals surface area contributed by atoms with E-state index in [1.54, 1.807) is 0 Å². The maximum Gasteiger partial charge on any atom is 0.227 e. The molecule has 0 radical (unpaired) electrons. The topological polar surface area (TPSA) is 26.2 Å². The van der Waals surface area contributed by atoms with E-state index in [1.807, 2.05) is 33.2 Å². The van der Waals surface area contributed by atoms with Crippen LogP contribution in [0.3, 0.4) is 0 Å². The number of anilines is 1. The molecule has 2 nitrogen and oxygen atoms in total. The van der Waals surface area contributed by atoms with Crippen LogP contribution in [-0.4, -0.2) is 7.05 Å². The lowest BCUT2D eigenvalue weighted by Crippen LogP contribution is -2.12. The summed E-state index contributed by atoms with van der Waals surface area (Å²) >= 11 is 0. The highest BCUT2D eigenvalue weighted by Crippen LogP contribution is 2.33. The van der Waals surface area contributed by atoms with E-state index < -0.39 is 0 Å². The smallest absolute Gasteiger partial charge is 0.227 e. The van der Waals surface area contributed by atoms with E-state index in [0.29, 0.717) is 0 Å². The number of H-pyrrole nitrogens is 1. The van der Waals surface area contributed by atoms with Gasteiger partial charge < -0.3 is 5.32 Å². The molecular weight excluding hydrogens is 292 g/mol. The summed E-state index contributed by atoms with van der Waals surface area (Å²) in [4.78, 5) is 3.39. The van der Waals surface area contributed by atoms with Crippen molar-refractivity contribution in [1.82, 2.24) is 0 Å². The van der Waals surface area contributed by atoms with Crippen molar-refractivity contribution in [3.05, 3.63) is 66.0 Å². The summed E-state index contributed by atoms with van der Waals surface area (Å²) in [6.07, 6.45) is 9.06. The van der Waals surface area contributed by atoms with Crippen LogP contribution in [0.15, 0.2) is 60.3 Å². The van der Waals surface area contributed by atoms with Crippen LogP contribution in [0.1, 0.15) is 45.2 Å². The molecule has 0 bridgehead atoms. The normalized spacial score (nSPS) is 15.6. The van der Waals surface area contributed by atoms with Crippen molar-refractivity contribution in [2.24, 2.45) is 0 Å². The van der Waals surface area contributed by atoms with Gasteiger partial charge in [0.05, 0.1) is 0 Å². The minimum Gasteiger partial charge on any atom is -0.382 e. The van der Waals surface area contributed by atoms with Crippen molar-refractivity contribution >= 4 is 11.8 Å². The number of hydrogen-bond acceptors (Lipinski definition) is 1. The number of aromatic amines is 1. The zero-order valence-electron chi connectivity index (χ0n) is 15.2. The first-order valence-corrected chi connectivity index (χ1v) is 8.96. The van der Waals surface area contributed by atoms with Crippen LogP contribution in [0.2, 0.25) is 0 Å². The van der Waals surface area contributed by atoms with Crippen molar-refractivity contribution in [1.29, 1.82) is 0 Å². The van der Waals surface area contributed by atoms with Gasteiger partial charge in [0.1, 0.15) is 5.69 Å². The Balaban J connectivity index is 0.00000100. The van der Waals surface area contributed by atoms with Gasteiger partial charge in [-0.25, -0.2) is 4.98 Å². The minimum absolute atomic E-state index is 1.12. The largest absolute Gasteiger partial charge is 0.382 e. The highest BCUT2D eigenvalue weighted by Gasteiger charge is 2.16. The fourth-order valence-electron chi connectivity index (χ4n) is 3.10. The first-order chi connectivity index (χ1) is 11.8. The third-order valence-corrected chi connectivity index (χ3v) is 4.31. The number of rotatable bonds is 3. The Hall–Kier alpha value is -2.35. The summed E-state index contributed by atoms with van der Waals surface area (Å²) in [5, 5.41) is 3.36. The first-order valence-electron chi connectivity index (χ1n) is 8.96. The quantitative estimate of drug-likeness (QED) is 0.765. The lowest BCUT2D eigenvalue weighted by molar-refractivity contribution is -0.379. The van der Waals surface area contributed by atoms with Crippen LogP contribution in [0.25, 0.3) is 17.2 Å². The molecule has 1 aromatic carbocycles. The maximum atomic E-state index is 4.23. The van der Waals surface area contributed by atoms with Crippen molar-refractivity contribution < 1.29 is 4.98 Å². The highest BCUT2D eigenvalue weighted by molar-refractivity contribution is 5.82. The van der Waals surface area contributed by atoms with E-state index in [9.17, 15) is 0 Å². The fourth-order valence-corrected chi connectivity index (χ4v) is 3.10. The molecule has 2 N–H and O–H groups in total. The standard InChI is InChI=1S/C20H22N2.C2H6/c1-15-8-6-7-11-17(15)14-19-20(21-2)18(12-13-22-19)16-9-4-3-5-10-16;1-2/h3-5,9-10,12-14,21H,1,6-8,11H2,2H3;1-2H3/p+1/b17-14-;. The number of allylic oxidation sites excluding steroid dienone is 2. The second-order valence-electron chi connectivity index (χ2n) is 5.78. The Labute approximate surface area is 146 Å². The van der Waals surface area contributed by atoms with Crippen LogP contribution < -0.4 is 10.3 Å². The second-order valence-corrected chi connectivity index (χ2v) is 5.78. The van der Waals surface area contributed by atoms with Gasteiger partial charge in [-0.3, -0.25) is 0 Å². The Morgan fingerprint density at radius 1 is 1.04 bits per heavy atom. The van der Waals surface area contributed by atoms with E-state index in [0.717, 1.165) is 24.2 Å². The monoisotopic (exact) mass is 321 g/mol. The molecule has 1 aliphatic carbocycles. The molecule has 24 heavy (non-hydrogen) atoms. The predicted octanol–water partition coefficient (Wildman–Crippen LogP) is 5.75. The molecule has 1 aliphatic rings. The number of benzene rings is 1. The van der Waals surface area contributed by atoms with Gasteiger partial charge in [0.2, 0.25) is 5.69 Å². The SMILES string of the molecule is C=C1CCCC/C1=C/c1[nH+]ccc(-c2ccccc2)c1NC.CC. The van der Waals surface area contributed by atoms with Gasteiger partial charge in [0.15, 0.2) is 6.20 Å². The maximum absolute atomic E-state index is 4.23. The molecule has 2 heteroatoms. The molecule has 0 spiro atoms. The van der Waals surface area contributed by atoms with Crippen LogP contribution in [0.5, 0.6) is 0 Å². The van der Waals surface area contributed by atoms with Crippen molar-refractivity contribution in [3.63, 3.8) is 0 Å². The zero-order valence-corrected chi connectivity index (χ0v) is 15.2. The molecule has 0 atom stereocenters. The third kappa shape index (κ3) is 4.14. The van der Waals surface area contributed by atoms with Gasteiger partial charge in [-0.1, -0.05) is 56.3 Å². The second kappa shape index (κ2) is 9.07.